The number of nitrogens with one attached hydrogen (secondary N) is 3. The van der Waals surface area contributed by atoms with E-state index in [4.69, 9.17) is 0 Å². The van der Waals surface area contributed by atoms with E-state index in [0.29, 0.717) is 21.8 Å². The number of anilines is 3. The van der Waals surface area contributed by atoms with Crippen molar-refractivity contribution in [3.05, 3.63) is 162 Å². The molecule has 1 aliphatic rings. The molecule has 1 heterocycles. The number of hydrazone groups is 1. The second-order valence-electron chi connectivity index (χ2n) is 12.0. The van der Waals surface area contributed by atoms with Crippen molar-refractivity contribution < 1.29 is 19.2 Å². The Balaban J connectivity index is 1.21. The van der Waals surface area contributed by atoms with Gasteiger partial charge in [-0.25, -0.2) is 0 Å². The molecule has 0 radical (unpaired) electrons. The predicted molar refractivity (Wildman–Crippen MR) is 207 cm³/mol. The van der Waals surface area contributed by atoms with Gasteiger partial charge in [0, 0.05) is 35.9 Å². The van der Waals surface area contributed by atoms with Gasteiger partial charge in [-0.05, 0) is 71.8 Å². The van der Waals surface area contributed by atoms with Crippen LogP contribution in [-0.4, -0.2) is 43.6 Å². The fourth-order valence-electron chi connectivity index (χ4n) is 5.34. The minimum Gasteiger partial charge on any atom is -0.378 e. The van der Waals surface area contributed by atoms with Crippen LogP contribution in [0.3, 0.4) is 0 Å². The van der Waals surface area contributed by atoms with E-state index in [2.05, 4.69) is 21.1 Å². The van der Waals surface area contributed by atoms with Crippen LogP contribution in [0.5, 0.6) is 0 Å². The molecular formula is C41H36N6O4S. The topological polar surface area (TPSA) is 123 Å². The zero-order valence-electron chi connectivity index (χ0n) is 28.5. The molecule has 3 N–H and O–H groups in total. The molecule has 5 aromatic carbocycles. The number of hydrogen-bond acceptors (Lipinski definition) is 7. The third kappa shape index (κ3) is 9.01. The van der Waals surface area contributed by atoms with Gasteiger partial charge in [0.2, 0.25) is 5.91 Å². The van der Waals surface area contributed by atoms with Gasteiger partial charge in [0.15, 0.2) is 0 Å². The zero-order valence-corrected chi connectivity index (χ0v) is 29.3. The van der Waals surface area contributed by atoms with Crippen molar-refractivity contribution in [2.45, 2.75) is 16.6 Å². The Labute approximate surface area is 306 Å². The molecule has 1 aliphatic heterocycles. The fourth-order valence-corrected chi connectivity index (χ4v) is 6.42. The van der Waals surface area contributed by atoms with Gasteiger partial charge in [0.25, 0.3) is 17.7 Å². The lowest BCUT2D eigenvalue weighted by atomic mass is 10.1. The van der Waals surface area contributed by atoms with E-state index in [0.717, 1.165) is 16.8 Å². The average molecular weight is 709 g/mol. The number of amidine groups is 1. The Morgan fingerprint density at radius 2 is 1.44 bits per heavy atom. The number of hydrogen-bond donors (Lipinski definition) is 3. The monoisotopic (exact) mass is 708 g/mol. The number of thioether (sulfide) groups is 1. The van der Waals surface area contributed by atoms with E-state index in [1.54, 1.807) is 60.7 Å². The maximum Gasteiger partial charge on any atom is 0.272 e. The Kier molecular flexibility index (Phi) is 11.2. The largest absolute Gasteiger partial charge is 0.378 e. The van der Waals surface area contributed by atoms with Crippen molar-refractivity contribution in [1.82, 2.24) is 10.6 Å². The molecule has 1 atom stereocenters. The SMILES string of the molecule is CN(C)c1ccc(/C=C(/NC(=O)c2ccccc2)C(=O)Nc2cccc(SC(C(=O)NC3=NN(c4ccccc4)C(=O)C3)c3ccccc3)c2)cc1. The van der Waals surface area contributed by atoms with Crippen LogP contribution < -0.4 is 25.9 Å². The predicted octanol–water partition coefficient (Wildman–Crippen LogP) is 6.86. The molecule has 52 heavy (non-hydrogen) atoms. The third-order valence-corrected chi connectivity index (χ3v) is 9.23. The summed E-state index contributed by atoms with van der Waals surface area (Å²) in [6.45, 7) is 0. The van der Waals surface area contributed by atoms with E-state index in [9.17, 15) is 19.2 Å². The normalized spacial score (nSPS) is 13.2. The molecule has 1 unspecified atom stereocenters. The van der Waals surface area contributed by atoms with Crippen molar-refractivity contribution in [1.29, 1.82) is 0 Å². The van der Waals surface area contributed by atoms with Gasteiger partial charge in [0.1, 0.15) is 16.8 Å². The summed E-state index contributed by atoms with van der Waals surface area (Å²) in [5, 5.41) is 13.5. The van der Waals surface area contributed by atoms with Crippen LogP contribution in [0.4, 0.5) is 17.1 Å². The summed E-state index contributed by atoms with van der Waals surface area (Å²) in [7, 11) is 3.88. The minimum atomic E-state index is -0.707. The van der Waals surface area contributed by atoms with Crippen LogP contribution in [0.25, 0.3) is 6.08 Å². The molecule has 11 heteroatoms. The van der Waals surface area contributed by atoms with Gasteiger partial charge < -0.3 is 20.9 Å². The summed E-state index contributed by atoms with van der Waals surface area (Å²) in [4.78, 5) is 56.1. The lowest BCUT2D eigenvalue weighted by Crippen LogP contribution is -2.33. The smallest absolute Gasteiger partial charge is 0.272 e. The maximum atomic E-state index is 13.8. The molecule has 0 bridgehead atoms. The van der Waals surface area contributed by atoms with E-state index in [1.165, 1.54) is 16.8 Å². The number of nitrogens with zero attached hydrogens (tertiary/aromatic N) is 3. The molecular weight excluding hydrogens is 673 g/mol. The quantitative estimate of drug-likeness (QED) is 0.102. The summed E-state index contributed by atoms with van der Waals surface area (Å²) in [6.07, 6.45) is 1.59. The number of amides is 4. The Hall–Kier alpha value is -6.46. The van der Waals surface area contributed by atoms with Gasteiger partial charge in [0.05, 0.1) is 12.1 Å². The number of para-hydroxylation sites is 1. The number of carbonyl (C=O) groups excluding carboxylic acids is 4. The second kappa shape index (κ2) is 16.5. The molecule has 6 rings (SSSR count). The lowest BCUT2D eigenvalue weighted by molar-refractivity contribution is -0.119. The second-order valence-corrected chi connectivity index (χ2v) is 13.2. The van der Waals surface area contributed by atoms with Crippen LogP contribution in [0, 0.1) is 0 Å². The summed E-state index contributed by atoms with van der Waals surface area (Å²) < 4.78 is 0. The van der Waals surface area contributed by atoms with E-state index in [-0.39, 0.29) is 29.8 Å². The van der Waals surface area contributed by atoms with Gasteiger partial charge in [-0.2, -0.15) is 10.1 Å². The van der Waals surface area contributed by atoms with Gasteiger partial charge in [-0.3, -0.25) is 19.2 Å². The highest BCUT2D eigenvalue weighted by atomic mass is 32.2. The van der Waals surface area contributed by atoms with Crippen molar-refractivity contribution in [3.63, 3.8) is 0 Å². The first-order valence-electron chi connectivity index (χ1n) is 16.5. The molecule has 4 amide bonds. The number of benzene rings is 5. The first kappa shape index (κ1) is 35.4. The average Bonchev–Trinajstić information content (AvgIpc) is 3.54. The molecule has 0 saturated heterocycles. The maximum absolute atomic E-state index is 13.8. The zero-order chi connectivity index (χ0) is 36.5. The molecule has 0 spiro atoms. The van der Waals surface area contributed by atoms with E-state index < -0.39 is 17.1 Å². The lowest BCUT2D eigenvalue weighted by Gasteiger charge is -2.17. The Morgan fingerprint density at radius 3 is 2.12 bits per heavy atom. The van der Waals surface area contributed by atoms with Gasteiger partial charge in [-0.1, -0.05) is 84.9 Å². The molecule has 5 aromatic rings. The van der Waals surface area contributed by atoms with Crippen LogP contribution in [-0.2, 0) is 14.4 Å². The van der Waals surface area contributed by atoms with Gasteiger partial charge in [-0.15, -0.1) is 11.8 Å². The van der Waals surface area contributed by atoms with Gasteiger partial charge >= 0.3 is 0 Å². The van der Waals surface area contributed by atoms with Crippen LogP contribution in [0.1, 0.15) is 33.2 Å². The van der Waals surface area contributed by atoms with Crippen molar-refractivity contribution in [3.8, 4) is 0 Å². The first-order valence-corrected chi connectivity index (χ1v) is 17.4. The number of carbonyl (C=O) groups is 4. The summed E-state index contributed by atoms with van der Waals surface area (Å²) in [5.41, 5.74) is 4.02. The van der Waals surface area contributed by atoms with Crippen LogP contribution in [0.15, 0.2) is 155 Å². The van der Waals surface area contributed by atoms with Crippen LogP contribution >= 0.6 is 11.8 Å². The van der Waals surface area contributed by atoms with Crippen molar-refractivity contribution >= 4 is 64.4 Å². The molecule has 260 valence electrons. The highest BCUT2D eigenvalue weighted by molar-refractivity contribution is 8.00. The first-order chi connectivity index (χ1) is 25.2. The third-order valence-electron chi connectivity index (χ3n) is 7.98. The molecule has 0 fully saturated rings. The summed E-state index contributed by atoms with van der Waals surface area (Å²) in [5.74, 6) is -1.27. The highest BCUT2D eigenvalue weighted by Gasteiger charge is 2.29. The number of rotatable bonds is 11. The summed E-state index contributed by atoms with van der Waals surface area (Å²) in [6, 6.07) is 41.7. The Bertz CT molecular complexity index is 2120. The summed E-state index contributed by atoms with van der Waals surface area (Å²) >= 11 is 1.29. The standard InChI is InChI=1S/C41H36N6O4S/c1-46(2)32-23-21-28(22-24-32)25-35(43-39(49)30-15-8-4-9-16-30)40(50)42-31-17-12-20-34(26-31)52-38(29-13-6-3-7-14-29)41(51)44-36-27-37(48)47(45-36)33-18-10-5-11-19-33/h3-26,38H,27H2,1-2H3,(H,42,50)(H,43,49)(H,44,45,51)/b35-25+. The highest BCUT2D eigenvalue weighted by Crippen LogP contribution is 2.37. The minimum absolute atomic E-state index is 0.0369. The van der Waals surface area contributed by atoms with E-state index >= 15 is 0 Å². The molecule has 10 nitrogen and oxygen atoms in total. The van der Waals surface area contributed by atoms with Crippen LogP contribution in [0.2, 0.25) is 0 Å². The molecule has 0 aliphatic carbocycles. The molecule has 0 aromatic heterocycles. The molecule has 0 saturated carbocycles. The fraction of sp³-hybridized carbons (Fsp3) is 0.0976. The van der Waals surface area contributed by atoms with E-state index in [1.807, 2.05) is 104 Å². The Morgan fingerprint density at radius 1 is 0.788 bits per heavy atom. The van der Waals surface area contributed by atoms with Crippen molar-refractivity contribution in [2.24, 2.45) is 5.10 Å². The van der Waals surface area contributed by atoms with Crippen molar-refractivity contribution in [2.75, 3.05) is 29.3 Å².